The molecule has 2 rings (SSSR count). The first-order valence-electron chi connectivity index (χ1n) is 6.70. The zero-order valence-corrected chi connectivity index (χ0v) is 13.0. The SMILES string of the molecule is Cc1c(-c2cncc(NC(=O)OC(C)(C)C)c2)cnn1C. The molecule has 21 heavy (non-hydrogen) atoms. The molecule has 0 saturated heterocycles. The predicted molar refractivity (Wildman–Crippen MR) is 81.0 cm³/mol. The largest absolute Gasteiger partial charge is 0.444 e. The second-order valence-corrected chi connectivity index (χ2v) is 5.86. The molecule has 0 spiro atoms. The van der Waals surface area contributed by atoms with Crippen molar-refractivity contribution in [3.63, 3.8) is 0 Å². The third-order valence-corrected chi connectivity index (χ3v) is 2.93. The lowest BCUT2D eigenvalue weighted by Gasteiger charge is -2.19. The van der Waals surface area contributed by atoms with E-state index < -0.39 is 11.7 Å². The van der Waals surface area contributed by atoms with Gasteiger partial charge in [0.2, 0.25) is 0 Å². The van der Waals surface area contributed by atoms with Gasteiger partial charge in [0.1, 0.15) is 5.60 Å². The van der Waals surface area contributed by atoms with Gasteiger partial charge in [0.15, 0.2) is 0 Å². The number of aromatic nitrogens is 3. The standard InChI is InChI=1S/C15H20N4O2/c1-10-13(9-17-19(10)5)11-6-12(8-16-7-11)18-14(20)21-15(2,3)4/h6-9H,1-5H3,(H,18,20). The molecule has 1 N–H and O–H groups in total. The summed E-state index contributed by atoms with van der Waals surface area (Å²) >= 11 is 0. The van der Waals surface area contributed by atoms with Crippen LogP contribution in [0.1, 0.15) is 26.5 Å². The molecule has 0 aliphatic carbocycles. The summed E-state index contributed by atoms with van der Waals surface area (Å²) in [5.41, 5.74) is 2.97. The molecule has 0 radical (unpaired) electrons. The van der Waals surface area contributed by atoms with E-state index in [2.05, 4.69) is 15.4 Å². The van der Waals surface area contributed by atoms with Gasteiger partial charge in [-0.3, -0.25) is 15.0 Å². The number of carbonyl (C=O) groups excluding carboxylic acids is 1. The van der Waals surface area contributed by atoms with Crippen LogP contribution in [0.2, 0.25) is 0 Å². The van der Waals surface area contributed by atoms with Gasteiger partial charge in [-0.2, -0.15) is 5.10 Å². The molecule has 0 unspecified atom stereocenters. The summed E-state index contributed by atoms with van der Waals surface area (Å²) in [4.78, 5) is 15.9. The lowest BCUT2D eigenvalue weighted by Crippen LogP contribution is -2.27. The maximum Gasteiger partial charge on any atom is 0.412 e. The number of hydrogen-bond donors (Lipinski definition) is 1. The van der Waals surface area contributed by atoms with Gasteiger partial charge in [-0.25, -0.2) is 4.79 Å². The highest BCUT2D eigenvalue weighted by Crippen LogP contribution is 2.24. The molecule has 0 aliphatic heterocycles. The third kappa shape index (κ3) is 3.81. The van der Waals surface area contributed by atoms with Crippen LogP contribution in [0.4, 0.5) is 10.5 Å². The summed E-state index contributed by atoms with van der Waals surface area (Å²) in [6.07, 6.45) is 4.61. The van der Waals surface area contributed by atoms with Crippen molar-refractivity contribution in [2.24, 2.45) is 7.05 Å². The van der Waals surface area contributed by atoms with Crippen molar-refractivity contribution >= 4 is 11.8 Å². The Balaban J connectivity index is 2.19. The number of nitrogens with zero attached hydrogens (tertiary/aromatic N) is 3. The number of rotatable bonds is 2. The maximum absolute atomic E-state index is 11.8. The summed E-state index contributed by atoms with van der Waals surface area (Å²) in [7, 11) is 1.88. The molecule has 112 valence electrons. The van der Waals surface area contributed by atoms with E-state index in [1.165, 1.54) is 0 Å². The van der Waals surface area contributed by atoms with Crippen molar-refractivity contribution in [2.75, 3.05) is 5.32 Å². The highest BCUT2D eigenvalue weighted by molar-refractivity contribution is 5.85. The van der Waals surface area contributed by atoms with Gasteiger partial charge in [0.05, 0.1) is 18.1 Å². The van der Waals surface area contributed by atoms with Crippen molar-refractivity contribution in [2.45, 2.75) is 33.3 Å². The van der Waals surface area contributed by atoms with Gasteiger partial charge >= 0.3 is 6.09 Å². The number of amides is 1. The quantitative estimate of drug-likeness (QED) is 0.921. The molecule has 2 aromatic rings. The Hall–Kier alpha value is -2.37. The van der Waals surface area contributed by atoms with Gasteiger partial charge in [-0.15, -0.1) is 0 Å². The van der Waals surface area contributed by atoms with Gasteiger partial charge in [-0.1, -0.05) is 0 Å². The summed E-state index contributed by atoms with van der Waals surface area (Å²) in [6.45, 7) is 7.44. The number of nitrogens with one attached hydrogen (secondary N) is 1. The highest BCUT2D eigenvalue weighted by Gasteiger charge is 2.16. The first kappa shape index (κ1) is 15.0. The Morgan fingerprint density at radius 3 is 2.57 bits per heavy atom. The summed E-state index contributed by atoms with van der Waals surface area (Å²) in [5.74, 6) is 0. The minimum atomic E-state index is -0.533. The van der Waals surface area contributed by atoms with Crippen LogP contribution in [-0.4, -0.2) is 26.5 Å². The average Bonchev–Trinajstić information content (AvgIpc) is 2.68. The van der Waals surface area contributed by atoms with Crippen LogP contribution >= 0.6 is 0 Å². The van der Waals surface area contributed by atoms with Gasteiger partial charge in [-0.05, 0) is 33.8 Å². The van der Waals surface area contributed by atoms with Crippen molar-refractivity contribution in [3.8, 4) is 11.1 Å². The van der Waals surface area contributed by atoms with Gasteiger partial charge < -0.3 is 4.74 Å². The van der Waals surface area contributed by atoms with E-state index in [-0.39, 0.29) is 0 Å². The molecule has 6 nitrogen and oxygen atoms in total. The van der Waals surface area contributed by atoms with Crippen molar-refractivity contribution in [3.05, 3.63) is 30.4 Å². The molecule has 1 amide bonds. The smallest absolute Gasteiger partial charge is 0.412 e. The Morgan fingerprint density at radius 1 is 1.29 bits per heavy atom. The van der Waals surface area contributed by atoms with E-state index in [0.29, 0.717) is 5.69 Å². The molecule has 0 aliphatic rings. The Bertz CT molecular complexity index is 656. The summed E-state index contributed by atoms with van der Waals surface area (Å²) in [5, 5.41) is 6.89. The highest BCUT2D eigenvalue weighted by atomic mass is 16.6. The lowest BCUT2D eigenvalue weighted by molar-refractivity contribution is 0.0636. The van der Waals surface area contributed by atoms with Crippen LogP contribution in [0.25, 0.3) is 11.1 Å². The van der Waals surface area contributed by atoms with Crippen molar-refractivity contribution in [1.29, 1.82) is 0 Å². The van der Waals surface area contributed by atoms with Crippen LogP contribution < -0.4 is 5.32 Å². The lowest BCUT2D eigenvalue weighted by atomic mass is 10.1. The van der Waals surface area contributed by atoms with E-state index >= 15 is 0 Å². The molecule has 0 bridgehead atoms. The van der Waals surface area contributed by atoms with E-state index in [1.54, 1.807) is 23.3 Å². The molecular formula is C15H20N4O2. The molecule has 0 saturated carbocycles. The van der Waals surface area contributed by atoms with Crippen LogP contribution in [0.3, 0.4) is 0 Å². The fourth-order valence-corrected chi connectivity index (χ4v) is 1.86. The van der Waals surface area contributed by atoms with Crippen molar-refractivity contribution < 1.29 is 9.53 Å². The fraction of sp³-hybridized carbons (Fsp3) is 0.400. The Kier molecular flexibility index (Phi) is 3.97. The number of ether oxygens (including phenoxy) is 1. The second-order valence-electron chi connectivity index (χ2n) is 5.86. The molecule has 6 heteroatoms. The van der Waals surface area contributed by atoms with Gasteiger partial charge in [0.25, 0.3) is 0 Å². The number of aryl methyl sites for hydroxylation is 1. The molecule has 2 heterocycles. The van der Waals surface area contributed by atoms with E-state index in [0.717, 1.165) is 16.8 Å². The summed E-state index contributed by atoms with van der Waals surface area (Å²) < 4.78 is 7.02. The normalized spacial score (nSPS) is 11.3. The molecule has 0 fully saturated rings. The predicted octanol–water partition coefficient (Wildman–Crippen LogP) is 3.14. The summed E-state index contributed by atoms with van der Waals surface area (Å²) in [6, 6.07) is 1.85. The molecule has 2 aromatic heterocycles. The molecule has 0 atom stereocenters. The average molecular weight is 288 g/mol. The van der Waals surface area contributed by atoms with E-state index in [4.69, 9.17) is 4.74 Å². The number of hydrogen-bond acceptors (Lipinski definition) is 4. The monoisotopic (exact) mass is 288 g/mol. The van der Waals surface area contributed by atoms with Crippen molar-refractivity contribution in [1.82, 2.24) is 14.8 Å². The Labute approximate surface area is 124 Å². The van der Waals surface area contributed by atoms with Crippen LogP contribution in [0.5, 0.6) is 0 Å². The first-order chi connectivity index (χ1) is 9.76. The first-order valence-corrected chi connectivity index (χ1v) is 6.70. The third-order valence-electron chi connectivity index (χ3n) is 2.93. The number of carbonyl (C=O) groups is 1. The van der Waals surface area contributed by atoms with Crippen LogP contribution in [-0.2, 0) is 11.8 Å². The zero-order valence-electron chi connectivity index (χ0n) is 13.0. The van der Waals surface area contributed by atoms with Gasteiger partial charge in [0, 0.05) is 30.1 Å². The van der Waals surface area contributed by atoms with Crippen LogP contribution in [0.15, 0.2) is 24.7 Å². The Morgan fingerprint density at radius 2 is 2.00 bits per heavy atom. The van der Waals surface area contributed by atoms with Crippen LogP contribution in [0, 0.1) is 6.92 Å². The number of pyridine rings is 1. The minimum absolute atomic E-state index is 0.496. The van der Waals surface area contributed by atoms with E-state index in [1.807, 2.05) is 40.8 Å². The molecule has 0 aromatic carbocycles. The molecular weight excluding hydrogens is 268 g/mol. The van der Waals surface area contributed by atoms with E-state index in [9.17, 15) is 4.79 Å². The fourth-order valence-electron chi connectivity index (χ4n) is 1.86. The maximum atomic E-state index is 11.8. The number of anilines is 1. The second kappa shape index (κ2) is 5.55. The minimum Gasteiger partial charge on any atom is -0.444 e. The topological polar surface area (TPSA) is 69.0 Å². The zero-order chi connectivity index (χ0) is 15.6.